The molecule has 0 saturated heterocycles. The normalized spacial score (nSPS) is 10.8. The summed E-state index contributed by atoms with van der Waals surface area (Å²) in [6.07, 6.45) is 3.00. The number of nitrogen functional groups attached to an aromatic ring is 1. The minimum absolute atomic E-state index is 0.809. The average Bonchev–Trinajstić information content (AvgIpc) is 2.71. The Kier molecular flexibility index (Phi) is 3.97. The van der Waals surface area contributed by atoms with Gasteiger partial charge in [-0.25, -0.2) is 0 Å². The van der Waals surface area contributed by atoms with E-state index in [1.807, 2.05) is 19.1 Å². The molecule has 4 heteroatoms. The lowest BCUT2D eigenvalue weighted by Crippen LogP contribution is -2.06. The zero-order valence-electron chi connectivity index (χ0n) is 11.1. The Hall–Kier alpha value is -1.84. The number of nitrogens with two attached hydrogens (primary N) is 1. The predicted octanol–water partition coefficient (Wildman–Crippen LogP) is 2.36. The Morgan fingerprint density at radius 1 is 1.11 bits per heavy atom. The van der Waals surface area contributed by atoms with Crippen LogP contribution in [0.4, 0.5) is 5.69 Å². The topological polar surface area (TPSA) is 56.7 Å². The molecule has 0 unspecified atom stereocenters. The molecule has 0 spiro atoms. The van der Waals surface area contributed by atoms with E-state index in [4.69, 9.17) is 5.73 Å². The molecule has 2 rings (SSSR count). The van der Waals surface area contributed by atoms with Crippen LogP contribution in [0, 0.1) is 6.92 Å². The minimum Gasteiger partial charge on any atom is -0.399 e. The first kappa shape index (κ1) is 12.6. The van der Waals surface area contributed by atoms with Crippen molar-refractivity contribution in [3.63, 3.8) is 0 Å². The molecule has 1 aromatic carbocycles. The largest absolute Gasteiger partial charge is 0.399 e. The summed E-state index contributed by atoms with van der Waals surface area (Å²) in [5, 5.41) is 8.41. The van der Waals surface area contributed by atoms with Gasteiger partial charge in [-0.3, -0.25) is 0 Å². The van der Waals surface area contributed by atoms with E-state index in [1.54, 1.807) is 0 Å². The first-order chi connectivity index (χ1) is 8.70. The van der Waals surface area contributed by atoms with E-state index in [9.17, 15) is 0 Å². The standard InChI is InChI=1S/C14H20N4/c1-3-10-18-11(2)16-17-14(18)9-6-12-4-7-13(15)8-5-12/h4-5,7-8H,3,6,9-10,15H2,1-2H3. The maximum atomic E-state index is 5.67. The van der Waals surface area contributed by atoms with Crippen LogP contribution in [0.5, 0.6) is 0 Å². The van der Waals surface area contributed by atoms with E-state index in [-0.39, 0.29) is 0 Å². The predicted molar refractivity (Wildman–Crippen MR) is 73.3 cm³/mol. The fourth-order valence-electron chi connectivity index (χ4n) is 2.06. The Balaban J connectivity index is 2.03. The maximum absolute atomic E-state index is 5.67. The number of hydrogen-bond acceptors (Lipinski definition) is 3. The van der Waals surface area contributed by atoms with Gasteiger partial charge in [0.1, 0.15) is 11.6 Å². The van der Waals surface area contributed by atoms with Gasteiger partial charge in [0.2, 0.25) is 0 Å². The van der Waals surface area contributed by atoms with Crippen LogP contribution < -0.4 is 5.73 Å². The molecule has 0 aliphatic carbocycles. The van der Waals surface area contributed by atoms with Crippen molar-refractivity contribution in [3.8, 4) is 0 Å². The molecule has 96 valence electrons. The van der Waals surface area contributed by atoms with Crippen LogP contribution in [0.1, 0.15) is 30.6 Å². The third kappa shape index (κ3) is 2.88. The third-order valence-electron chi connectivity index (χ3n) is 3.08. The molecule has 18 heavy (non-hydrogen) atoms. The molecule has 0 fully saturated rings. The van der Waals surface area contributed by atoms with Gasteiger partial charge in [-0.2, -0.15) is 0 Å². The summed E-state index contributed by atoms with van der Waals surface area (Å²) >= 11 is 0. The van der Waals surface area contributed by atoms with Crippen molar-refractivity contribution in [2.45, 2.75) is 39.7 Å². The molecule has 0 radical (unpaired) electrons. The second-order valence-corrected chi connectivity index (χ2v) is 4.56. The first-order valence-electron chi connectivity index (χ1n) is 6.43. The molecular formula is C14H20N4. The van der Waals surface area contributed by atoms with Gasteiger partial charge >= 0.3 is 0 Å². The zero-order chi connectivity index (χ0) is 13.0. The highest BCUT2D eigenvalue weighted by molar-refractivity contribution is 5.39. The molecule has 0 atom stereocenters. The van der Waals surface area contributed by atoms with Crippen molar-refractivity contribution >= 4 is 5.69 Å². The average molecular weight is 244 g/mol. The molecule has 0 amide bonds. The van der Waals surface area contributed by atoms with E-state index in [2.05, 4.69) is 33.8 Å². The molecule has 0 saturated carbocycles. The lowest BCUT2D eigenvalue weighted by molar-refractivity contribution is 0.619. The quantitative estimate of drug-likeness (QED) is 0.821. The number of rotatable bonds is 5. The minimum atomic E-state index is 0.809. The smallest absolute Gasteiger partial charge is 0.133 e. The molecule has 2 aromatic rings. The molecular weight excluding hydrogens is 224 g/mol. The van der Waals surface area contributed by atoms with E-state index in [0.29, 0.717) is 0 Å². The van der Waals surface area contributed by atoms with Crippen molar-refractivity contribution in [1.82, 2.24) is 14.8 Å². The number of anilines is 1. The van der Waals surface area contributed by atoms with Gasteiger partial charge < -0.3 is 10.3 Å². The molecule has 0 bridgehead atoms. The summed E-state index contributed by atoms with van der Waals surface area (Å²) in [5.74, 6) is 2.08. The van der Waals surface area contributed by atoms with Crippen LogP contribution in [-0.2, 0) is 19.4 Å². The Morgan fingerprint density at radius 3 is 2.50 bits per heavy atom. The molecule has 4 nitrogen and oxygen atoms in total. The van der Waals surface area contributed by atoms with Crippen molar-refractivity contribution in [2.75, 3.05) is 5.73 Å². The summed E-state index contributed by atoms with van der Waals surface area (Å²) in [5.41, 5.74) is 7.77. The van der Waals surface area contributed by atoms with Crippen LogP contribution in [0.3, 0.4) is 0 Å². The Labute approximate surface area is 108 Å². The highest BCUT2D eigenvalue weighted by Gasteiger charge is 2.07. The van der Waals surface area contributed by atoms with Crippen LogP contribution >= 0.6 is 0 Å². The number of aryl methyl sites for hydroxylation is 3. The van der Waals surface area contributed by atoms with E-state index >= 15 is 0 Å². The molecule has 1 aromatic heterocycles. The summed E-state index contributed by atoms with van der Waals surface area (Å²) in [6, 6.07) is 8.03. The number of nitrogens with zero attached hydrogens (tertiary/aromatic N) is 3. The summed E-state index contributed by atoms with van der Waals surface area (Å²) < 4.78 is 2.21. The highest BCUT2D eigenvalue weighted by Crippen LogP contribution is 2.10. The van der Waals surface area contributed by atoms with Gasteiger partial charge in [-0.15, -0.1) is 10.2 Å². The zero-order valence-corrected chi connectivity index (χ0v) is 11.1. The van der Waals surface area contributed by atoms with Crippen molar-refractivity contribution in [2.24, 2.45) is 0 Å². The second-order valence-electron chi connectivity index (χ2n) is 4.56. The van der Waals surface area contributed by atoms with Gasteiger partial charge in [0.25, 0.3) is 0 Å². The van der Waals surface area contributed by atoms with Crippen molar-refractivity contribution < 1.29 is 0 Å². The SMILES string of the molecule is CCCn1c(C)nnc1CCc1ccc(N)cc1. The summed E-state index contributed by atoms with van der Waals surface area (Å²) in [4.78, 5) is 0. The monoisotopic (exact) mass is 244 g/mol. The van der Waals surface area contributed by atoms with E-state index < -0.39 is 0 Å². The lowest BCUT2D eigenvalue weighted by atomic mass is 10.1. The highest BCUT2D eigenvalue weighted by atomic mass is 15.3. The summed E-state index contributed by atoms with van der Waals surface area (Å²) in [6.45, 7) is 5.18. The molecule has 2 N–H and O–H groups in total. The van der Waals surface area contributed by atoms with Crippen LogP contribution in [0.2, 0.25) is 0 Å². The van der Waals surface area contributed by atoms with Crippen LogP contribution in [0.15, 0.2) is 24.3 Å². The number of aromatic nitrogens is 3. The number of benzene rings is 1. The fraction of sp³-hybridized carbons (Fsp3) is 0.429. The maximum Gasteiger partial charge on any atom is 0.133 e. The van der Waals surface area contributed by atoms with Crippen molar-refractivity contribution in [1.29, 1.82) is 0 Å². The van der Waals surface area contributed by atoms with Gasteiger partial charge in [-0.1, -0.05) is 19.1 Å². The molecule has 1 heterocycles. The lowest BCUT2D eigenvalue weighted by Gasteiger charge is -2.07. The first-order valence-corrected chi connectivity index (χ1v) is 6.43. The van der Waals surface area contributed by atoms with Gasteiger partial charge in [0, 0.05) is 18.7 Å². The van der Waals surface area contributed by atoms with Crippen molar-refractivity contribution in [3.05, 3.63) is 41.5 Å². The second kappa shape index (κ2) is 5.67. The van der Waals surface area contributed by atoms with Gasteiger partial charge in [0.15, 0.2) is 0 Å². The summed E-state index contributed by atoms with van der Waals surface area (Å²) in [7, 11) is 0. The Bertz CT molecular complexity index is 499. The fourth-order valence-corrected chi connectivity index (χ4v) is 2.06. The van der Waals surface area contributed by atoms with Gasteiger partial charge in [0.05, 0.1) is 0 Å². The third-order valence-corrected chi connectivity index (χ3v) is 3.08. The van der Waals surface area contributed by atoms with E-state index in [1.165, 1.54) is 5.56 Å². The number of hydrogen-bond donors (Lipinski definition) is 1. The molecule has 0 aliphatic heterocycles. The van der Waals surface area contributed by atoms with Crippen LogP contribution in [-0.4, -0.2) is 14.8 Å². The Morgan fingerprint density at radius 2 is 1.83 bits per heavy atom. The van der Waals surface area contributed by atoms with Gasteiger partial charge in [-0.05, 0) is 37.5 Å². The van der Waals surface area contributed by atoms with E-state index in [0.717, 1.165) is 43.1 Å². The van der Waals surface area contributed by atoms with Crippen LogP contribution in [0.25, 0.3) is 0 Å². The molecule has 0 aliphatic rings.